The number of amides is 1. The van der Waals surface area contributed by atoms with Crippen molar-refractivity contribution in [1.29, 1.82) is 0 Å². The third-order valence-electron chi connectivity index (χ3n) is 6.37. The molecule has 1 aliphatic heterocycles. The van der Waals surface area contributed by atoms with Gasteiger partial charge in [-0.15, -0.1) is 10.2 Å². The summed E-state index contributed by atoms with van der Waals surface area (Å²) >= 11 is 1.50. The molecular weight excluding hydrogens is 394 g/mol. The number of hydrogen-bond donors (Lipinski definition) is 1. The summed E-state index contributed by atoms with van der Waals surface area (Å²) < 4.78 is 2.12. The molecule has 1 saturated heterocycles. The molecule has 162 valence electrons. The quantitative estimate of drug-likeness (QED) is 0.676. The molecule has 1 aromatic heterocycles. The fraction of sp³-hybridized carbons (Fsp3) is 0.609. The van der Waals surface area contributed by atoms with Crippen molar-refractivity contribution in [3.8, 4) is 5.69 Å². The fourth-order valence-corrected chi connectivity index (χ4v) is 5.39. The number of likely N-dealkylation sites (tertiary alicyclic amines) is 1. The molecule has 1 N–H and O–H groups in total. The average Bonchev–Trinajstić information content (AvgIpc) is 3.41. The smallest absolute Gasteiger partial charge is 0.233 e. The summed E-state index contributed by atoms with van der Waals surface area (Å²) in [5.41, 5.74) is 1.05. The average molecular weight is 428 g/mol. The number of aromatic nitrogens is 3. The van der Waals surface area contributed by atoms with E-state index in [0.29, 0.717) is 12.0 Å². The number of carbonyl (C=O) groups is 1. The molecule has 3 atom stereocenters. The molecule has 7 heteroatoms. The zero-order chi connectivity index (χ0) is 20.9. The summed E-state index contributed by atoms with van der Waals surface area (Å²) in [6, 6.07) is 10.5. The lowest BCUT2D eigenvalue weighted by atomic mass is 9.86. The van der Waals surface area contributed by atoms with Crippen LogP contribution in [0, 0.1) is 5.92 Å². The van der Waals surface area contributed by atoms with Gasteiger partial charge in [0.15, 0.2) is 11.0 Å². The van der Waals surface area contributed by atoms with Crippen molar-refractivity contribution in [1.82, 2.24) is 25.0 Å². The van der Waals surface area contributed by atoms with Crippen molar-refractivity contribution >= 4 is 17.7 Å². The minimum Gasteiger partial charge on any atom is -0.352 e. The Bertz CT molecular complexity index is 833. The molecule has 1 aromatic carbocycles. The van der Waals surface area contributed by atoms with Crippen molar-refractivity contribution in [2.75, 3.05) is 13.1 Å². The molecule has 4 rings (SSSR count). The Hall–Kier alpha value is -1.86. The zero-order valence-electron chi connectivity index (χ0n) is 18.1. The minimum absolute atomic E-state index is 0.0995. The Morgan fingerprint density at radius 1 is 1.13 bits per heavy atom. The molecule has 0 radical (unpaired) electrons. The van der Waals surface area contributed by atoms with E-state index in [-0.39, 0.29) is 11.2 Å². The first kappa shape index (κ1) is 21.4. The summed E-state index contributed by atoms with van der Waals surface area (Å²) in [5.74, 6) is 1.60. The first-order chi connectivity index (χ1) is 14.6. The van der Waals surface area contributed by atoms with E-state index in [1.807, 2.05) is 25.1 Å². The van der Waals surface area contributed by atoms with Gasteiger partial charge in [-0.1, -0.05) is 49.7 Å². The Balaban J connectivity index is 1.49. The molecule has 3 unspecified atom stereocenters. The highest BCUT2D eigenvalue weighted by molar-refractivity contribution is 8.00. The van der Waals surface area contributed by atoms with Gasteiger partial charge in [-0.05, 0) is 63.7 Å². The van der Waals surface area contributed by atoms with Crippen molar-refractivity contribution in [3.63, 3.8) is 0 Å². The van der Waals surface area contributed by atoms with Crippen molar-refractivity contribution in [3.05, 3.63) is 36.2 Å². The van der Waals surface area contributed by atoms with Gasteiger partial charge >= 0.3 is 0 Å². The Labute approximate surface area is 183 Å². The Morgan fingerprint density at radius 3 is 2.60 bits per heavy atom. The van der Waals surface area contributed by atoms with Crippen molar-refractivity contribution in [2.24, 2.45) is 5.92 Å². The summed E-state index contributed by atoms with van der Waals surface area (Å²) in [6.07, 6.45) is 7.27. The number of thioether (sulfide) groups is 1. The number of carbonyl (C=O) groups excluding carboxylic acids is 1. The highest BCUT2D eigenvalue weighted by Crippen LogP contribution is 2.28. The second-order valence-corrected chi connectivity index (χ2v) is 10.00. The van der Waals surface area contributed by atoms with Crippen LogP contribution in [0.2, 0.25) is 0 Å². The summed E-state index contributed by atoms with van der Waals surface area (Å²) in [5, 5.41) is 12.9. The molecule has 0 bridgehead atoms. The molecule has 1 saturated carbocycles. The molecule has 0 spiro atoms. The van der Waals surface area contributed by atoms with Crippen LogP contribution < -0.4 is 5.32 Å². The van der Waals surface area contributed by atoms with E-state index in [0.717, 1.165) is 42.7 Å². The van der Waals surface area contributed by atoms with Crippen molar-refractivity contribution in [2.45, 2.75) is 75.4 Å². The lowest BCUT2D eigenvalue weighted by Crippen LogP contribution is -2.44. The van der Waals surface area contributed by atoms with Crippen LogP contribution in [-0.4, -0.2) is 50.0 Å². The third kappa shape index (κ3) is 5.06. The van der Waals surface area contributed by atoms with Gasteiger partial charge in [0.25, 0.3) is 0 Å². The van der Waals surface area contributed by atoms with Crippen LogP contribution in [0.25, 0.3) is 5.69 Å². The lowest BCUT2D eigenvalue weighted by Gasteiger charge is -2.30. The maximum atomic E-state index is 12.9. The molecule has 1 amide bonds. The summed E-state index contributed by atoms with van der Waals surface area (Å²) in [6.45, 7) is 7.24. The minimum atomic E-state index is -0.217. The van der Waals surface area contributed by atoms with E-state index in [1.165, 1.54) is 43.9 Å². The van der Waals surface area contributed by atoms with Gasteiger partial charge in [0.05, 0.1) is 11.8 Å². The van der Waals surface area contributed by atoms with E-state index in [4.69, 9.17) is 0 Å². The molecule has 2 aliphatic rings. The highest BCUT2D eigenvalue weighted by atomic mass is 32.2. The standard InChI is InChI=1S/C23H33N5OS/c1-17-10-6-7-13-20(17)24-22(29)18(2)30-23-26-25-21(16-27-14-8-9-15-27)28(23)19-11-4-3-5-12-19/h3-5,11-12,17-18,20H,6-10,13-16H2,1-2H3,(H,24,29). The molecule has 2 aromatic rings. The van der Waals surface area contributed by atoms with E-state index in [9.17, 15) is 4.79 Å². The van der Waals surface area contributed by atoms with Gasteiger partial charge < -0.3 is 5.32 Å². The number of para-hydroxylation sites is 1. The molecule has 2 heterocycles. The molecule has 1 aliphatic carbocycles. The first-order valence-corrected chi connectivity index (χ1v) is 12.2. The maximum Gasteiger partial charge on any atom is 0.233 e. The zero-order valence-corrected chi connectivity index (χ0v) is 18.9. The van der Waals surface area contributed by atoms with Crippen LogP contribution in [0.3, 0.4) is 0 Å². The van der Waals surface area contributed by atoms with Gasteiger partial charge in [0, 0.05) is 11.7 Å². The van der Waals surface area contributed by atoms with Gasteiger partial charge in [0.1, 0.15) is 0 Å². The van der Waals surface area contributed by atoms with Gasteiger partial charge in [-0.3, -0.25) is 14.3 Å². The van der Waals surface area contributed by atoms with Gasteiger partial charge in [-0.2, -0.15) is 0 Å². The number of nitrogens with one attached hydrogen (secondary N) is 1. The van der Waals surface area contributed by atoms with Crippen LogP contribution in [0.4, 0.5) is 0 Å². The molecule has 6 nitrogen and oxygen atoms in total. The molecular formula is C23H33N5OS. The summed E-state index contributed by atoms with van der Waals surface area (Å²) in [7, 11) is 0. The van der Waals surface area contributed by atoms with Crippen LogP contribution in [-0.2, 0) is 11.3 Å². The van der Waals surface area contributed by atoms with E-state index in [2.05, 4.69) is 44.0 Å². The van der Waals surface area contributed by atoms with E-state index < -0.39 is 0 Å². The summed E-state index contributed by atoms with van der Waals surface area (Å²) in [4.78, 5) is 15.3. The van der Waals surface area contributed by atoms with Crippen LogP contribution in [0.15, 0.2) is 35.5 Å². The topological polar surface area (TPSA) is 63.1 Å². The van der Waals surface area contributed by atoms with Gasteiger partial charge in [0.2, 0.25) is 5.91 Å². The Kier molecular flexibility index (Phi) is 7.10. The Morgan fingerprint density at radius 2 is 1.87 bits per heavy atom. The van der Waals surface area contributed by atoms with Crippen LogP contribution in [0.5, 0.6) is 0 Å². The predicted molar refractivity (Wildman–Crippen MR) is 121 cm³/mol. The largest absolute Gasteiger partial charge is 0.352 e. The first-order valence-electron chi connectivity index (χ1n) is 11.3. The van der Waals surface area contributed by atoms with E-state index in [1.54, 1.807) is 0 Å². The number of benzene rings is 1. The fourth-order valence-electron chi connectivity index (χ4n) is 4.50. The highest BCUT2D eigenvalue weighted by Gasteiger charge is 2.27. The van der Waals surface area contributed by atoms with Crippen LogP contribution in [0.1, 0.15) is 58.2 Å². The number of hydrogen-bond acceptors (Lipinski definition) is 5. The lowest BCUT2D eigenvalue weighted by molar-refractivity contribution is -0.121. The second-order valence-electron chi connectivity index (χ2n) is 8.69. The normalized spacial score (nSPS) is 23.4. The van der Waals surface area contributed by atoms with Crippen LogP contribution >= 0.6 is 11.8 Å². The number of nitrogens with zero attached hydrogens (tertiary/aromatic N) is 4. The van der Waals surface area contributed by atoms with Crippen molar-refractivity contribution < 1.29 is 4.79 Å². The monoisotopic (exact) mass is 427 g/mol. The molecule has 2 fully saturated rings. The second kappa shape index (κ2) is 9.96. The van der Waals surface area contributed by atoms with Gasteiger partial charge in [-0.25, -0.2) is 0 Å². The SMILES string of the molecule is CC(Sc1nnc(CN2CCCC2)n1-c1ccccc1)C(=O)NC1CCCCC1C. The molecule has 30 heavy (non-hydrogen) atoms. The maximum absolute atomic E-state index is 12.9. The third-order valence-corrected chi connectivity index (χ3v) is 7.41. The predicted octanol–water partition coefficient (Wildman–Crippen LogP) is 4.04. The van der Waals surface area contributed by atoms with E-state index >= 15 is 0 Å². The number of rotatable bonds is 7.